The molecule has 1 aliphatic heterocycles. The number of allylic oxidation sites excluding steroid dienone is 2. The lowest BCUT2D eigenvalue weighted by Gasteiger charge is -2.05. The number of hydrogen-bond donors (Lipinski definition) is 0. The third kappa shape index (κ3) is 1.53. The molecule has 0 saturated heterocycles. The van der Waals surface area contributed by atoms with Crippen LogP contribution in [0.4, 0.5) is 0 Å². The van der Waals surface area contributed by atoms with Crippen molar-refractivity contribution in [3.63, 3.8) is 0 Å². The second kappa shape index (κ2) is 3.10. The second-order valence-electron chi connectivity index (χ2n) is 2.16. The fraction of sp³-hybridized carbons (Fsp3) is 0.429. The molecule has 54 valence electrons. The molecule has 0 unspecified atom stereocenters. The van der Waals surface area contributed by atoms with Gasteiger partial charge in [-0.3, -0.25) is 9.79 Å². The van der Waals surface area contributed by atoms with Crippen LogP contribution in [0.2, 0.25) is 0 Å². The van der Waals surface area contributed by atoms with Crippen LogP contribution >= 0.6 is 15.9 Å². The third-order valence-electron chi connectivity index (χ3n) is 1.30. The Hall–Kier alpha value is -0.440. The van der Waals surface area contributed by atoms with E-state index in [1.165, 1.54) is 6.92 Å². The minimum atomic E-state index is 0.0304. The smallest absolute Gasteiger partial charge is 0.178 e. The van der Waals surface area contributed by atoms with Crippen molar-refractivity contribution in [3.8, 4) is 0 Å². The minimum Gasteiger partial charge on any atom is -0.293 e. The van der Waals surface area contributed by atoms with Crippen molar-refractivity contribution in [2.24, 2.45) is 4.99 Å². The summed E-state index contributed by atoms with van der Waals surface area (Å²) >= 11 is 3.30. The van der Waals surface area contributed by atoms with Gasteiger partial charge in [-0.05, 0) is 12.8 Å². The molecule has 0 fully saturated rings. The topological polar surface area (TPSA) is 29.4 Å². The van der Waals surface area contributed by atoms with Crippen LogP contribution in [-0.2, 0) is 4.79 Å². The molecule has 0 atom stereocenters. The Morgan fingerprint density at radius 2 is 2.50 bits per heavy atom. The molecule has 0 aliphatic carbocycles. The molecule has 0 aromatic carbocycles. The van der Waals surface area contributed by atoms with Crippen LogP contribution in [0.5, 0.6) is 0 Å². The van der Waals surface area contributed by atoms with Gasteiger partial charge in [-0.15, -0.1) is 0 Å². The SMILES string of the molecule is CC(=O)C1=C(Br)CCC=N1. The molecule has 0 spiro atoms. The molecule has 0 amide bonds. The zero-order valence-electron chi connectivity index (χ0n) is 5.72. The number of carbonyl (C=O) groups excluding carboxylic acids is 1. The number of carbonyl (C=O) groups is 1. The summed E-state index contributed by atoms with van der Waals surface area (Å²) in [4.78, 5) is 14.8. The van der Waals surface area contributed by atoms with Gasteiger partial charge in [0.2, 0.25) is 0 Å². The van der Waals surface area contributed by atoms with Crippen LogP contribution in [0, 0.1) is 0 Å². The van der Waals surface area contributed by atoms with E-state index in [1.54, 1.807) is 6.21 Å². The number of nitrogens with zero attached hydrogens (tertiary/aromatic N) is 1. The zero-order chi connectivity index (χ0) is 7.56. The number of Topliss-reactive ketones (excluding diaryl/α,β-unsaturated/α-hetero) is 1. The summed E-state index contributed by atoms with van der Waals surface area (Å²) in [6.45, 7) is 1.53. The monoisotopic (exact) mass is 201 g/mol. The predicted octanol–water partition coefficient (Wildman–Crippen LogP) is 2.05. The van der Waals surface area contributed by atoms with E-state index < -0.39 is 0 Å². The predicted molar refractivity (Wildman–Crippen MR) is 44.4 cm³/mol. The van der Waals surface area contributed by atoms with Crippen molar-refractivity contribution in [3.05, 3.63) is 10.2 Å². The molecule has 0 bridgehead atoms. The van der Waals surface area contributed by atoms with Crippen LogP contribution in [0.1, 0.15) is 19.8 Å². The van der Waals surface area contributed by atoms with Gasteiger partial charge >= 0.3 is 0 Å². The Morgan fingerprint density at radius 3 is 2.90 bits per heavy atom. The van der Waals surface area contributed by atoms with Gasteiger partial charge in [-0.2, -0.15) is 0 Å². The first kappa shape index (κ1) is 7.66. The van der Waals surface area contributed by atoms with Crippen molar-refractivity contribution in [1.82, 2.24) is 0 Å². The Balaban J connectivity index is 2.90. The second-order valence-corrected chi connectivity index (χ2v) is 3.12. The van der Waals surface area contributed by atoms with Crippen LogP contribution < -0.4 is 0 Å². The average Bonchev–Trinajstić information content (AvgIpc) is 1.88. The van der Waals surface area contributed by atoms with Gasteiger partial charge in [0.25, 0.3) is 0 Å². The molecule has 2 nitrogen and oxygen atoms in total. The van der Waals surface area contributed by atoms with Crippen molar-refractivity contribution >= 4 is 27.9 Å². The summed E-state index contributed by atoms with van der Waals surface area (Å²) in [5.41, 5.74) is 0.575. The first-order valence-electron chi connectivity index (χ1n) is 3.14. The summed E-state index contributed by atoms with van der Waals surface area (Å²) in [5.74, 6) is 0.0304. The molecule has 0 aromatic rings. The molecule has 1 rings (SSSR count). The maximum atomic E-state index is 10.8. The van der Waals surface area contributed by atoms with Crippen molar-refractivity contribution in [1.29, 1.82) is 0 Å². The zero-order valence-corrected chi connectivity index (χ0v) is 7.31. The van der Waals surface area contributed by atoms with Crippen LogP contribution in [0.3, 0.4) is 0 Å². The molecule has 0 aromatic heterocycles. The normalized spacial score (nSPS) is 17.8. The number of aliphatic imine (C=N–C) groups is 1. The highest BCUT2D eigenvalue weighted by Gasteiger charge is 2.10. The number of halogens is 1. The summed E-state index contributed by atoms with van der Waals surface area (Å²) < 4.78 is 0.933. The van der Waals surface area contributed by atoms with Gasteiger partial charge in [-0.25, -0.2) is 0 Å². The van der Waals surface area contributed by atoms with E-state index >= 15 is 0 Å². The first-order chi connectivity index (χ1) is 4.72. The van der Waals surface area contributed by atoms with E-state index in [1.807, 2.05) is 0 Å². The van der Waals surface area contributed by atoms with Gasteiger partial charge < -0.3 is 0 Å². The lowest BCUT2D eigenvalue weighted by Crippen LogP contribution is -2.00. The Bertz CT molecular complexity index is 218. The Labute approximate surface area is 68.2 Å². The molecule has 0 radical (unpaired) electrons. The van der Waals surface area contributed by atoms with Crippen molar-refractivity contribution < 1.29 is 4.79 Å². The highest BCUT2D eigenvalue weighted by molar-refractivity contribution is 9.11. The third-order valence-corrected chi connectivity index (χ3v) is 2.08. The average molecular weight is 202 g/mol. The lowest BCUT2D eigenvalue weighted by atomic mass is 10.2. The van der Waals surface area contributed by atoms with Crippen molar-refractivity contribution in [2.75, 3.05) is 0 Å². The summed E-state index contributed by atoms with van der Waals surface area (Å²) in [5, 5.41) is 0. The van der Waals surface area contributed by atoms with E-state index in [-0.39, 0.29) is 5.78 Å². The molecule has 0 N–H and O–H groups in total. The van der Waals surface area contributed by atoms with Gasteiger partial charge in [0, 0.05) is 17.6 Å². The number of rotatable bonds is 1. The van der Waals surface area contributed by atoms with Gasteiger partial charge in [-0.1, -0.05) is 15.9 Å². The Kier molecular flexibility index (Phi) is 2.38. The van der Waals surface area contributed by atoms with E-state index in [4.69, 9.17) is 0 Å². The quantitative estimate of drug-likeness (QED) is 0.639. The molecular weight excluding hydrogens is 194 g/mol. The maximum Gasteiger partial charge on any atom is 0.178 e. The van der Waals surface area contributed by atoms with E-state index in [0.29, 0.717) is 5.70 Å². The van der Waals surface area contributed by atoms with E-state index in [0.717, 1.165) is 17.3 Å². The standard InChI is InChI=1S/C7H8BrNO/c1-5(10)7-6(8)3-2-4-9-7/h4H,2-3H2,1H3. The minimum absolute atomic E-state index is 0.0304. The van der Waals surface area contributed by atoms with Gasteiger partial charge in [0.1, 0.15) is 5.70 Å². The summed E-state index contributed by atoms with van der Waals surface area (Å²) in [6, 6.07) is 0. The molecule has 3 heteroatoms. The highest BCUT2D eigenvalue weighted by atomic mass is 79.9. The van der Waals surface area contributed by atoms with E-state index in [2.05, 4.69) is 20.9 Å². The molecule has 0 saturated carbocycles. The lowest BCUT2D eigenvalue weighted by molar-refractivity contribution is -0.113. The van der Waals surface area contributed by atoms with Gasteiger partial charge in [0.15, 0.2) is 5.78 Å². The number of ketones is 1. The summed E-state index contributed by atoms with van der Waals surface area (Å²) in [6.07, 6.45) is 3.61. The van der Waals surface area contributed by atoms with Gasteiger partial charge in [0.05, 0.1) is 0 Å². The number of hydrogen-bond acceptors (Lipinski definition) is 2. The van der Waals surface area contributed by atoms with Crippen LogP contribution in [-0.4, -0.2) is 12.0 Å². The van der Waals surface area contributed by atoms with Crippen molar-refractivity contribution in [2.45, 2.75) is 19.8 Å². The fourth-order valence-electron chi connectivity index (χ4n) is 0.817. The molecule has 1 aliphatic rings. The van der Waals surface area contributed by atoms with Crippen LogP contribution in [0.15, 0.2) is 15.2 Å². The molecule has 1 heterocycles. The van der Waals surface area contributed by atoms with Crippen LogP contribution in [0.25, 0.3) is 0 Å². The largest absolute Gasteiger partial charge is 0.293 e. The molecular formula is C7H8BrNO. The fourth-order valence-corrected chi connectivity index (χ4v) is 1.43. The molecule has 10 heavy (non-hydrogen) atoms. The van der Waals surface area contributed by atoms with E-state index in [9.17, 15) is 4.79 Å². The maximum absolute atomic E-state index is 10.8. The Morgan fingerprint density at radius 1 is 1.80 bits per heavy atom. The highest BCUT2D eigenvalue weighted by Crippen LogP contribution is 2.22. The summed E-state index contributed by atoms with van der Waals surface area (Å²) in [7, 11) is 0. The first-order valence-corrected chi connectivity index (χ1v) is 3.93.